The molecule has 1 aliphatic rings. The Hall–Kier alpha value is -3.64. The van der Waals surface area contributed by atoms with E-state index in [1.165, 1.54) is 0 Å². The zero-order chi connectivity index (χ0) is 23.2. The lowest BCUT2D eigenvalue weighted by Crippen LogP contribution is -2.61. The number of benzene rings is 2. The highest BCUT2D eigenvalue weighted by Gasteiger charge is 2.48. The van der Waals surface area contributed by atoms with Crippen molar-refractivity contribution >= 4 is 16.9 Å². The molecule has 4 rings (SSSR count). The lowest BCUT2D eigenvalue weighted by Gasteiger charge is -2.38. The molecule has 0 spiro atoms. The minimum Gasteiger partial charge on any atom is -0.507 e. The second-order valence-electron chi connectivity index (χ2n) is 7.14. The summed E-state index contributed by atoms with van der Waals surface area (Å²) >= 11 is 0. The highest BCUT2D eigenvalue weighted by atomic mass is 16.7. The summed E-state index contributed by atoms with van der Waals surface area (Å²) in [6, 6.07) is 10.5. The van der Waals surface area contributed by atoms with Gasteiger partial charge in [-0.05, 0) is 0 Å². The molecule has 11 heteroatoms. The van der Waals surface area contributed by atoms with Gasteiger partial charge in [-0.25, -0.2) is 4.79 Å². The van der Waals surface area contributed by atoms with E-state index in [1.54, 1.807) is 30.3 Å². The second kappa shape index (κ2) is 8.13. The van der Waals surface area contributed by atoms with Crippen molar-refractivity contribution in [2.75, 3.05) is 0 Å². The normalized spacial score (nSPS) is 25.5. The Morgan fingerprint density at radius 2 is 1.66 bits per heavy atom. The molecule has 0 aliphatic carbocycles. The number of carbonyl (C=O) groups is 1. The van der Waals surface area contributed by atoms with Crippen LogP contribution in [0.15, 0.2) is 51.7 Å². The van der Waals surface area contributed by atoms with Crippen LogP contribution in [0.2, 0.25) is 0 Å². The summed E-state index contributed by atoms with van der Waals surface area (Å²) in [5.41, 5.74) is -0.556. The number of ether oxygens (including phenoxy) is 2. The van der Waals surface area contributed by atoms with Crippen molar-refractivity contribution in [3.05, 3.63) is 52.7 Å². The van der Waals surface area contributed by atoms with E-state index < -0.39 is 64.9 Å². The number of hydrogen-bond acceptors (Lipinski definition) is 10. The van der Waals surface area contributed by atoms with Gasteiger partial charge in [-0.1, -0.05) is 30.3 Å². The number of carboxylic acids is 1. The predicted octanol–water partition coefficient (Wildman–Crippen LogP) is 0.142. The molecule has 3 aromatic rings. The smallest absolute Gasteiger partial charge is 0.335 e. The molecule has 2 aromatic carbocycles. The van der Waals surface area contributed by atoms with Crippen LogP contribution in [-0.2, 0) is 9.53 Å². The van der Waals surface area contributed by atoms with E-state index in [0.717, 1.165) is 12.1 Å². The standard InChI is InChI=1S/C21H18O11/c22-9-6-11(8-4-2-1-3-5-8)30-18-13(9)10(23)7-12(14(18)24)31-21-17(27)15(25)16(26)19(32-21)20(28)29/h1-7,15-17,19,21,23-27H,(H,28,29)/t15-,16+,17-,19-,21+/m1/s1. The van der Waals surface area contributed by atoms with Crippen LogP contribution in [0.3, 0.4) is 0 Å². The molecular weight excluding hydrogens is 428 g/mol. The van der Waals surface area contributed by atoms with E-state index >= 15 is 0 Å². The molecule has 0 radical (unpaired) electrons. The fraction of sp³-hybridized carbons (Fsp3) is 0.238. The monoisotopic (exact) mass is 446 g/mol. The third kappa shape index (κ3) is 3.63. The molecule has 32 heavy (non-hydrogen) atoms. The first kappa shape index (κ1) is 21.6. The molecule has 1 aromatic heterocycles. The number of aliphatic carboxylic acids is 1. The summed E-state index contributed by atoms with van der Waals surface area (Å²) in [6.07, 6.45) is -9.56. The maximum Gasteiger partial charge on any atom is 0.335 e. The molecule has 2 heterocycles. The molecule has 1 fully saturated rings. The molecular formula is C21H18O11. The highest BCUT2D eigenvalue weighted by molar-refractivity contribution is 5.91. The van der Waals surface area contributed by atoms with Crippen molar-refractivity contribution in [3.8, 4) is 28.6 Å². The first-order valence-corrected chi connectivity index (χ1v) is 9.36. The maximum atomic E-state index is 12.5. The molecule has 0 bridgehead atoms. The molecule has 0 unspecified atom stereocenters. The highest BCUT2D eigenvalue weighted by Crippen LogP contribution is 2.41. The van der Waals surface area contributed by atoms with Gasteiger partial charge in [0, 0.05) is 17.7 Å². The third-order valence-electron chi connectivity index (χ3n) is 5.03. The third-order valence-corrected chi connectivity index (χ3v) is 5.03. The van der Waals surface area contributed by atoms with Crippen LogP contribution in [0.25, 0.3) is 22.3 Å². The van der Waals surface area contributed by atoms with E-state index in [4.69, 9.17) is 19.0 Å². The van der Waals surface area contributed by atoms with Gasteiger partial charge in [0.2, 0.25) is 12.0 Å². The summed E-state index contributed by atoms with van der Waals surface area (Å²) in [6.45, 7) is 0. The quantitative estimate of drug-likeness (QED) is 0.299. The molecule has 5 atom stereocenters. The zero-order valence-electron chi connectivity index (χ0n) is 16.2. The van der Waals surface area contributed by atoms with Crippen molar-refractivity contribution in [3.63, 3.8) is 0 Å². The number of phenols is 2. The molecule has 6 N–H and O–H groups in total. The van der Waals surface area contributed by atoms with E-state index in [1.807, 2.05) is 0 Å². The number of hydrogen-bond donors (Lipinski definition) is 6. The van der Waals surface area contributed by atoms with E-state index in [-0.39, 0.29) is 11.1 Å². The summed E-state index contributed by atoms with van der Waals surface area (Å²) in [5, 5.41) is 59.5. The van der Waals surface area contributed by atoms with Gasteiger partial charge in [0.1, 0.15) is 35.2 Å². The van der Waals surface area contributed by atoms with E-state index in [0.29, 0.717) is 5.56 Å². The fourth-order valence-corrected chi connectivity index (χ4v) is 3.39. The van der Waals surface area contributed by atoms with Gasteiger partial charge in [0.05, 0.1) is 0 Å². The summed E-state index contributed by atoms with van der Waals surface area (Å²) in [7, 11) is 0. The molecule has 1 saturated heterocycles. The number of carboxylic acid groups (broad SMARTS) is 1. The topological polar surface area (TPSA) is 187 Å². The SMILES string of the molecule is O=C(O)[C@@H]1O[C@H](Oc2cc(O)c3c(=O)cc(-c4ccccc4)oc3c2O)[C@H](O)[C@H](O)[C@@H]1O. The fourth-order valence-electron chi connectivity index (χ4n) is 3.39. The Balaban J connectivity index is 1.77. The van der Waals surface area contributed by atoms with Crippen molar-refractivity contribution in [2.24, 2.45) is 0 Å². The number of aliphatic hydroxyl groups excluding tert-OH is 3. The first-order valence-electron chi connectivity index (χ1n) is 9.36. The zero-order valence-corrected chi connectivity index (χ0v) is 16.2. The van der Waals surface area contributed by atoms with Gasteiger partial charge in [-0.2, -0.15) is 0 Å². The van der Waals surface area contributed by atoms with Crippen LogP contribution in [0, 0.1) is 0 Å². The van der Waals surface area contributed by atoms with Gasteiger partial charge in [-0.3, -0.25) is 4.79 Å². The summed E-state index contributed by atoms with van der Waals surface area (Å²) < 4.78 is 15.9. The lowest BCUT2D eigenvalue weighted by molar-refractivity contribution is -0.271. The van der Waals surface area contributed by atoms with Gasteiger partial charge in [0.15, 0.2) is 22.9 Å². The Labute approximate surface area is 178 Å². The first-order chi connectivity index (χ1) is 15.2. The van der Waals surface area contributed by atoms with Crippen molar-refractivity contribution in [1.82, 2.24) is 0 Å². The lowest BCUT2D eigenvalue weighted by atomic mass is 9.99. The predicted molar refractivity (Wildman–Crippen MR) is 106 cm³/mol. The van der Waals surface area contributed by atoms with Gasteiger partial charge < -0.3 is 44.5 Å². The Bertz CT molecular complexity index is 1220. The number of phenolic OH excluding ortho intramolecular Hbond substituents is 2. The molecule has 0 amide bonds. The average molecular weight is 446 g/mol. The Morgan fingerprint density at radius 1 is 0.969 bits per heavy atom. The van der Waals surface area contributed by atoms with E-state index in [9.17, 15) is 35.1 Å². The number of rotatable bonds is 4. The van der Waals surface area contributed by atoms with Gasteiger partial charge in [-0.15, -0.1) is 0 Å². The summed E-state index contributed by atoms with van der Waals surface area (Å²) in [5.74, 6) is -3.42. The molecule has 0 saturated carbocycles. The largest absolute Gasteiger partial charge is 0.507 e. The van der Waals surface area contributed by atoms with Gasteiger partial charge >= 0.3 is 5.97 Å². The van der Waals surface area contributed by atoms with Crippen LogP contribution in [0.4, 0.5) is 0 Å². The molecule has 168 valence electrons. The van der Waals surface area contributed by atoms with Crippen molar-refractivity contribution < 1.29 is 49.3 Å². The average Bonchev–Trinajstić information content (AvgIpc) is 2.77. The van der Waals surface area contributed by atoms with Crippen LogP contribution >= 0.6 is 0 Å². The van der Waals surface area contributed by atoms with Crippen LogP contribution < -0.4 is 10.2 Å². The molecule has 11 nitrogen and oxygen atoms in total. The van der Waals surface area contributed by atoms with E-state index in [2.05, 4.69) is 0 Å². The summed E-state index contributed by atoms with van der Waals surface area (Å²) in [4.78, 5) is 23.8. The number of aliphatic hydroxyl groups is 3. The van der Waals surface area contributed by atoms with Crippen molar-refractivity contribution in [2.45, 2.75) is 30.7 Å². The molecule has 1 aliphatic heterocycles. The van der Waals surface area contributed by atoms with Crippen LogP contribution in [0.1, 0.15) is 0 Å². The van der Waals surface area contributed by atoms with Crippen molar-refractivity contribution in [1.29, 1.82) is 0 Å². The Kier molecular flexibility index (Phi) is 5.48. The minimum atomic E-state index is -1.94. The maximum absolute atomic E-state index is 12.5. The second-order valence-corrected chi connectivity index (χ2v) is 7.14. The van der Waals surface area contributed by atoms with Gasteiger partial charge in [0.25, 0.3) is 0 Å². The van der Waals surface area contributed by atoms with Crippen LogP contribution in [0.5, 0.6) is 17.2 Å². The number of fused-ring (bicyclic) bond motifs is 1. The minimum absolute atomic E-state index is 0.0911. The number of aromatic hydroxyl groups is 2. The Morgan fingerprint density at radius 3 is 2.31 bits per heavy atom. The van der Waals surface area contributed by atoms with Crippen LogP contribution in [-0.4, -0.2) is 67.3 Å².